The van der Waals surface area contributed by atoms with E-state index >= 15 is 0 Å². The number of nitrogens with two attached hydrogens (primary N) is 1. The highest BCUT2D eigenvalue weighted by Crippen LogP contribution is 2.22. The zero-order chi connectivity index (χ0) is 17.7. The van der Waals surface area contributed by atoms with Crippen LogP contribution in [0.2, 0.25) is 0 Å². The first-order chi connectivity index (χ1) is 11.4. The minimum Gasteiger partial charge on any atom is -0.377 e. The summed E-state index contributed by atoms with van der Waals surface area (Å²) >= 11 is 0. The van der Waals surface area contributed by atoms with Gasteiger partial charge in [-0.2, -0.15) is 0 Å². The molecule has 8 nitrogen and oxygen atoms in total. The number of methoxy groups -OCH3 is 1. The maximum absolute atomic E-state index is 12.8. The van der Waals surface area contributed by atoms with Crippen molar-refractivity contribution < 1.29 is 19.1 Å². The molecule has 0 bridgehead atoms. The monoisotopic (exact) mass is 336 g/mol. The maximum atomic E-state index is 12.8. The summed E-state index contributed by atoms with van der Waals surface area (Å²) in [6.07, 6.45) is 1.54. The summed E-state index contributed by atoms with van der Waals surface area (Å²) in [5.74, 6) is 0.0988. The molecule has 0 spiro atoms. The molecule has 8 heteroatoms. The Kier molecular flexibility index (Phi) is 5.74. The molecule has 1 fully saturated rings. The Labute approximate surface area is 141 Å². The number of rotatable bonds is 5. The lowest BCUT2D eigenvalue weighted by molar-refractivity contribution is -0.129. The van der Waals surface area contributed by atoms with Crippen molar-refractivity contribution in [3.05, 3.63) is 23.9 Å². The van der Waals surface area contributed by atoms with Crippen LogP contribution in [0.15, 0.2) is 18.3 Å². The van der Waals surface area contributed by atoms with Gasteiger partial charge in [0.05, 0.1) is 31.7 Å². The zero-order valence-electron chi connectivity index (χ0n) is 14.3. The van der Waals surface area contributed by atoms with Crippen molar-refractivity contribution in [2.75, 3.05) is 52.4 Å². The molecule has 2 N–H and O–H groups in total. The highest BCUT2D eigenvalue weighted by molar-refractivity contribution is 5.94. The van der Waals surface area contributed by atoms with Crippen molar-refractivity contribution in [2.24, 2.45) is 5.73 Å². The summed E-state index contributed by atoms with van der Waals surface area (Å²) in [4.78, 5) is 31.9. The van der Waals surface area contributed by atoms with Crippen LogP contribution in [0.4, 0.5) is 5.82 Å². The number of carbonyl (C=O) groups is 2. The number of carbonyl (C=O) groups excluding carboxylic acids is 2. The van der Waals surface area contributed by atoms with Gasteiger partial charge < -0.3 is 25.0 Å². The number of hydrogen-bond donors (Lipinski definition) is 1. The van der Waals surface area contributed by atoms with Crippen molar-refractivity contribution in [3.63, 3.8) is 0 Å². The van der Waals surface area contributed by atoms with Gasteiger partial charge in [0.25, 0.3) is 5.91 Å². The SMILES string of the molecule is CO[C@]1(CC(N)=O)COCCN(C(=O)c2ccc(N(C)C)nc2)C1. The number of hydrogen-bond acceptors (Lipinski definition) is 6. The smallest absolute Gasteiger partial charge is 0.255 e. The van der Waals surface area contributed by atoms with E-state index in [4.69, 9.17) is 15.2 Å². The van der Waals surface area contributed by atoms with E-state index in [0.29, 0.717) is 18.7 Å². The quantitative estimate of drug-likeness (QED) is 0.805. The lowest BCUT2D eigenvalue weighted by Gasteiger charge is -2.33. The summed E-state index contributed by atoms with van der Waals surface area (Å²) in [5.41, 5.74) is 4.88. The molecule has 132 valence electrons. The molecule has 2 heterocycles. The molecule has 1 aromatic rings. The number of ether oxygens (including phenoxy) is 2. The molecule has 1 saturated heterocycles. The molecule has 0 aromatic carbocycles. The highest BCUT2D eigenvalue weighted by atomic mass is 16.5. The van der Waals surface area contributed by atoms with Crippen LogP contribution in [0, 0.1) is 0 Å². The fourth-order valence-electron chi connectivity index (χ4n) is 2.66. The molecular weight excluding hydrogens is 312 g/mol. The van der Waals surface area contributed by atoms with Crippen LogP contribution in [-0.4, -0.2) is 74.8 Å². The van der Waals surface area contributed by atoms with Gasteiger partial charge in [0.15, 0.2) is 0 Å². The summed E-state index contributed by atoms with van der Waals surface area (Å²) in [5, 5.41) is 0. The summed E-state index contributed by atoms with van der Waals surface area (Å²) in [6.45, 7) is 1.24. The van der Waals surface area contributed by atoms with Gasteiger partial charge in [-0.25, -0.2) is 4.98 Å². The van der Waals surface area contributed by atoms with Gasteiger partial charge in [-0.1, -0.05) is 0 Å². The van der Waals surface area contributed by atoms with Crippen molar-refractivity contribution in [1.82, 2.24) is 9.88 Å². The second-order valence-corrected chi connectivity index (χ2v) is 6.11. The molecule has 0 radical (unpaired) electrons. The van der Waals surface area contributed by atoms with Crippen LogP contribution >= 0.6 is 0 Å². The van der Waals surface area contributed by atoms with E-state index in [9.17, 15) is 9.59 Å². The van der Waals surface area contributed by atoms with E-state index in [1.807, 2.05) is 19.0 Å². The Balaban J connectivity index is 2.19. The molecular formula is C16H24N4O4. The number of anilines is 1. The van der Waals surface area contributed by atoms with Crippen molar-refractivity contribution >= 4 is 17.6 Å². The van der Waals surface area contributed by atoms with Crippen LogP contribution in [0.3, 0.4) is 0 Å². The summed E-state index contributed by atoms with van der Waals surface area (Å²) in [7, 11) is 5.26. The predicted octanol–water partition coefficient (Wildman–Crippen LogP) is -0.119. The van der Waals surface area contributed by atoms with Crippen molar-refractivity contribution in [3.8, 4) is 0 Å². The third-order valence-corrected chi connectivity index (χ3v) is 4.02. The largest absolute Gasteiger partial charge is 0.377 e. The number of primary amides is 1. The van der Waals surface area contributed by atoms with E-state index in [2.05, 4.69) is 4.98 Å². The number of aromatic nitrogens is 1. The van der Waals surface area contributed by atoms with Crippen molar-refractivity contribution in [1.29, 1.82) is 0 Å². The number of pyridine rings is 1. The average molecular weight is 336 g/mol. The van der Waals surface area contributed by atoms with Gasteiger partial charge in [0, 0.05) is 33.9 Å². The minimum absolute atomic E-state index is 0.00883. The summed E-state index contributed by atoms with van der Waals surface area (Å²) < 4.78 is 11.0. The average Bonchev–Trinajstić information content (AvgIpc) is 2.77. The molecule has 1 aromatic heterocycles. The highest BCUT2D eigenvalue weighted by Gasteiger charge is 2.38. The molecule has 1 aliphatic rings. The van der Waals surface area contributed by atoms with Crippen LogP contribution in [0.5, 0.6) is 0 Å². The number of nitrogens with zero attached hydrogens (tertiary/aromatic N) is 3. The van der Waals surface area contributed by atoms with E-state index in [0.717, 1.165) is 5.82 Å². The Bertz CT molecular complexity index is 590. The first kappa shape index (κ1) is 18.2. The third kappa shape index (κ3) is 4.21. The van der Waals surface area contributed by atoms with Crippen LogP contribution in [-0.2, 0) is 14.3 Å². The van der Waals surface area contributed by atoms with Gasteiger partial charge in [0.1, 0.15) is 11.4 Å². The molecule has 1 aliphatic heterocycles. The van der Waals surface area contributed by atoms with Crippen molar-refractivity contribution in [2.45, 2.75) is 12.0 Å². The molecule has 0 saturated carbocycles. The maximum Gasteiger partial charge on any atom is 0.255 e. The first-order valence-electron chi connectivity index (χ1n) is 7.71. The summed E-state index contributed by atoms with van der Waals surface area (Å²) in [6, 6.07) is 3.52. The lowest BCUT2D eigenvalue weighted by atomic mass is 9.99. The molecule has 2 rings (SSSR count). The Morgan fingerprint density at radius 1 is 1.46 bits per heavy atom. The third-order valence-electron chi connectivity index (χ3n) is 4.02. The van der Waals surface area contributed by atoms with Gasteiger partial charge in [0.2, 0.25) is 5.91 Å². The Morgan fingerprint density at radius 3 is 2.75 bits per heavy atom. The van der Waals surface area contributed by atoms with Crippen LogP contribution < -0.4 is 10.6 Å². The van der Waals surface area contributed by atoms with E-state index < -0.39 is 11.5 Å². The molecule has 0 aliphatic carbocycles. The second-order valence-electron chi connectivity index (χ2n) is 6.11. The Hall–Kier alpha value is -2.19. The fourth-order valence-corrected chi connectivity index (χ4v) is 2.66. The molecule has 24 heavy (non-hydrogen) atoms. The van der Waals surface area contributed by atoms with E-state index in [-0.39, 0.29) is 25.5 Å². The lowest BCUT2D eigenvalue weighted by Crippen LogP contribution is -2.50. The van der Waals surface area contributed by atoms with Gasteiger partial charge in [-0.3, -0.25) is 9.59 Å². The second kappa shape index (κ2) is 7.59. The minimum atomic E-state index is -0.922. The predicted molar refractivity (Wildman–Crippen MR) is 88.8 cm³/mol. The van der Waals surface area contributed by atoms with Gasteiger partial charge in [-0.15, -0.1) is 0 Å². The molecule has 1 atom stereocenters. The molecule has 2 amide bonds. The fraction of sp³-hybridized carbons (Fsp3) is 0.562. The normalized spacial score (nSPS) is 21.2. The van der Waals surface area contributed by atoms with Gasteiger partial charge in [-0.05, 0) is 12.1 Å². The standard InChI is InChI=1S/C16H24N4O4/c1-19(2)14-5-4-12(9-18-14)15(22)20-6-7-24-11-16(10-20,23-3)8-13(17)21/h4-5,9H,6-8,10-11H2,1-3H3,(H2,17,21)/t16-/m0/s1. The first-order valence-corrected chi connectivity index (χ1v) is 7.71. The van der Waals surface area contributed by atoms with Crippen LogP contribution in [0.25, 0.3) is 0 Å². The van der Waals surface area contributed by atoms with Crippen LogP contribution in [0.1, 0.15) is 16.8 Å². The Morgan fingerprint density at radius 2 is 2.21 bits per heavy atom. The molecule has 0 unspecified atom stereocenters. The number of amides is 2. The van der Waals surface area contributed by atoms with E-state index in [1.54, 1.807) is 23.2 Å². The topological polar surface area (TPSA) is 98.0 Å². The van der Waals surface area contributed by atoms with E-state index in [1.165, 1.54) is 7.11 Å². The van der Waals surface area contributed by atoms with Gasteiger partial charge >= 0.3 is 0 Å². The zero-order valence-corrected chi connectivity index (χ0v) is 14.3.